The first-order valence-corrected chi connectivity index (χ1v) is 10.4. The van der Waals surface area contributed by atoms with Crippen molar-refractivity contribution in [3.8, 4) is 0 Å². The molecule has 2 aliphatic heterocycles. The summed E-state index contributed by atoms with van der Waals surface area (Å²) in [4.78, 5) is 17.2. The van der Waals surface area contributed by atoms with E-state index in [1.54, 1.807) is 0 Å². The van der Waals surface area contributed by atoms with Crippen molar-refractivity contribution < 1.29 is 9.53 Å². The Labute approximate surface area is 166 Å². The van der Waals surface area contributed by atoms with Gasteiger partial charge in [0.05, 0.1) is 6.04 Å². The highest BCUT2D eigenvalue weighted by Crippen LogP contribution is 2.50. The van der Waals surface area contributed by atoms with Crippen LogP contribution in [0.15, 0.2) is 48.5 Å². The number of nitrogens with one attached hydrogen (secondary N) is 1. The zero-order valence-electron chi connectivity index (χ0n) is 16.1. The summed E-state index contributed by atoms with van der Waals surface area (Å²) in [6.45, 7) is 5.33. The summed E-state index contributed by atoms with van der Waals surface area (Å²) in [6.07, 6.45) is 1.86. The average molecular weight is 377 g/mol. The zero-order valence-corrected chi connectivity index (χ0v) is 16.1. The van der Waals surface area contributed by atoms with Gasteiger partial charge in [0.1, 0.15) is 6.61 Å². The van der Waals surface area contributed by atoms with Gasteiger partial charge in [-0.2, -0.15) is 0 Å². The first-order chi connectivity index (χ1) is 13.8. The molecule has 2 saturated heterocycles. The fraction of sp³-hybridized carbons (Fsp3) is 0.435. The molecule has 5 heteroatoms. The van der Waals surface area contributed by atoms with E-state index in [0.717, 1.165) is 51.1 Å². The summed E-state index contributed by atoms with van der Waals surface area (Å²) in [5.41, 5.74) is 5.11. The van der Waals surface area contributed by atoms with Crippen LogP contribution in [0.25, 0.3) is 0 Å². The number of amides is 1. The van der Waals surface area contributed by atoms with E-state index in [0.29, 0.717) is 12.5 Å². The maximum absolute atomic E-state index is 12.8. The molecule has 0 spiro atoms. The highest BCUT2D eigenvalue weighted by Gasteiger charge is 2.41. The van der Waals surface area contributed by atoms with Gasteiger partial charge in [-0.3, -0.25) is 0 Å². The first-order valence-electron chi connectivity index (χ1n) is 10.4. The Bertz CT molecular complexity index is 848. The van der Waals surface area contributed by atoms with Crippen LogP contribution < -0.4 is 10.2 Å². The molecule has 1 N–H and O–H groups in total. The van der Waals surface area contributed by atoms with Crippen LogP contribution in [0.2, 0.25) is 0 Å². The minimum Gasteiger partial charge on any atom is -0.445 e. The van der Waals surface area contributed by atoms with Crippen molar-refractivity contribution in [2.45, 2.75) is 31.4 Å². The average Bonchev–Trinajstić information content (AvgIpc) is 3.05. The Hall–Kier alpha value is -2.53. The van der Waals surface area contributed by atoms with E-state index in [9.17, 15) is 4.79 Å². The molecule has 28 heavy (non-hydrogen) atoms. The van der Waals surface area contributed by atoms with E-state index in [2.05, 4.69) is 28.4 Å². The number of nitrogens with zero attached hydrogens (tertiary/aromatic N) is 2. The number of carbonyl (C=O) groups is 1. The molecule has 0 aromatic heterocycles. The predicted octanol–water partition coefficient (Wildman–Crippen LogP) is 3.67. The molecule has 2 aromatic rings. The highest BCUT2D eigenvalue weighted by atomic mass is 16.6. The summed E-state index contributed by atoms with van der Waals surface area (Å²) in [7, 11) is 0. The number of piperidine rings is 1. The normalized spacial score (nSPS) is 23.4. The molecule has 0 unspecified atom stereocenters. The maximum atomic E-state index is 12.8. The SMILES string of the molecule is O=C(OCc1ccccc1)N1CC[C@@H]2C[C@@H]1c1ccc(N3CCNCC3)cc12. The van der Waals surface area contributed by atoms with Gasteiger partial charge in [-0.05, 0) is 47.6 Å². The van der Waals surface area contributed by atoms with Gasteiger partial charge >= 0.3 is 6.09 Å². The number of ether oxygens (including phenoxy) is 1. The van der Waals surface area contributed by atoms with Crippen LogP contribution in [0.4, 0.5) is 10.5 Å². The molecular weight excluding hydrogens is 350 g/mol. The van der Waals surface area contributed by atoms with Crippen LogP contribution in [0.3, 0.4) is 0 Å². The van der Waals surface area contributed by atoms with Crippen LogP contribution in [-0.2, 0) is 11.3 Å². The molecule has 1 aliphatic carbocycles. The molecule has 2 fully saturated rings. The van der Waals surface area contributed by atoms with Gasteiger partial charge in [-0.15, -0.1) is 0 Å². The Balaban J connectivity index is 1.31. The van der Waals surface area contributed by atoms with Gasteiger partial charge in [0, 0.05) is 38.4 Å². The van der Waals surface area contributed by atoms with E-state index in [1.165, 1.54) is 16.8 Å². The van der Waals surface area contributed by atoms with Gasteiger partial charge in [0.2, 0.25) is 0 Å². The molecule has 2 heterocycles. The Morgan fingerprint density at radius 3 is 2.68 bits per heavy atom. The van der Waals surface area contributed by atoms with E-state index in [-0.39, 0.29) is 12.1 Å². The largest absolute Gasteiger partial charge is 0.445 e. The molecule has 5 rings (SSSR count). The maximum Gasteiger partial charge on any atom is 0.410 e. The number of rotatable bonds is 3. The van der Waals surface area contributed by atoms with Crippen LogP contribution in [0.1, 0.15) is 41.5 Å². The monoisotopic (exact) mass is 377 g/mol. The molecule has 0 saturated carbocycles. The lowest BCUT2D eigenvalue weighted by Gasteiger charge is -2.32. The van der Waals surface area contributed by atoms with Gasteiger partial charge in [-0.1, -0.05) is 36.4 Å². The van der Waals surface area contributed by atoms with Crippen LogP contribution in [0, 0.1) is 0 Å². The smallest absolute Gasteiger partial charge is 0.410 e. The van der Waals surface area contributed by atoms with E-state index in [1.807, 2.05) is 35.2 Å². The number of piperazine rings is 1. The number of carbonyl (C=O) groups excluding carboxylic acids is 1. The Morgan fingerprint density at radius 1 is 1.04 bits per heavy atom. The molecule has 146 valence electrons. The number of hydrogen-bond acceptors (Lipinski definition) is 4. The lowest BCUT2D eigenvalue weighted by Crippen LogP contribution is -2.43. The predicted molar refractivity (Wildman–Crippen MR) is 110 cm³/mol. The molecular formula is C23H27N3O2. The summed E-state index contributed by atoms with van der Waals surface area (Å²) in [5, 5.41) is 3.42. The third kappa shape index (κ3) is 3.24. The molecule has 2 bridgehead atoms. The molecule has 3 aliphatic rings. The van der Waals surface area contributed by atoms with Crippen LogP contribution in [-0.4, -0.2) is 43.7 Å². The number of hydrogen-bond donors (Lipinski definition) is 1. The Morgan fingerprint density at radius 2 is 1.86 bits per heavy atom. The van der Waals surface area contributed by atoms with Crippen molar-refractivity contribution in [3.05, 3.63) is 65.2 Å². The second kappa shape index (κ2) is 7.47. The standard InChI is InChI=1S/C23H27N3O2/c27-23(28-16-17-4-2-1-3-5-17)26-11-8-18-14-22(26)20-7-6-19(15-21(18)20)25-12-9-24-10-13-25/h1-7,15,18,22,24H,8-14,16H2/t18-,22-/m1/s1. The number of anilines is 1. The number of likely N-dealkylation sites (tertiary alicyclic amines) is 1. The molecule has 2 aromatic carbocycles. The van der Waals surface area contributed by atoms with E-state index in [4.69, 9.17) is 4.74 Å². The summed E-state index contributed by atoms with van der Waals surface area (Å²) < 4.78 is 5.62. The van der Waals surface area contributed by atoms with Crippen molar-refractivity contribution >= 4 is 11.8 Å². The summed E-state index contributed by atoms with van der Waals surface area (Å²) >= 11 is 0. The molecule has 2 atom stereocenters. The number of benzene rings is 2. The third-order valence-electron chi connectivity index (χ3n) is 6.39. The fourth-order valence-corrected chi connectivity index (χ4v) is 4.90. The lowest BCUT2D eigenvalue weighted by molar-refractivity contribution is 0.0694. The topological polar surface area (TPSA) is 44.8 Å². The Kier molecular flexibility index (Phi) is 4.69. The minimum absolute atomic E-state index is 0.161. The van der Waals surface area contributed by atoms with E-state index >= 15 is 0 Å². The zero-order chi connectivity index (χ0) is 18.9. The van der Waals surface area contributed by atoms with E-state index < -0.39 is 0 Å². The van der Waals surface area contributed by atoms with Crippen molar-refractivity contribution in [1.29, 1.82) is 0 Å². The van der Waals surface area contributed by atoms with Gasteiger partial charge in [-0.25, -0.2) is 4.79 Å². The van der Waals surface area contributed by atoms with Gasteiger partial charge in [0.25, 0.3) is 0 Å². The van der Waals surface area contributed by atoms with Crippen molar-refractivity contribution in [2.75, 3.05) is 37.6 Å². The summed E-state index contributed by atoms with van der Waals surface area (Å²) in [6, 6.07) is 16.9. The quantitative estimate of drug-likeness (QED) is 0.887. The van der Waals surface area contributed by atoms with Crippen LogP contribution >= 0.6 is 0 Å². The van der Waals surface area contributed by atoms with Crippen molar-refractivity contribution in [1.82, 2.24) is 10.2 Å². The first kappa shape index (κ1) is 17.6. The van der Waals surface area contributed by atoms with Crippen molar-refractivity contribution in [2.24, 2.45) is 0 Å². The number of fused-ring (bicyclic) bond motifs is 5. The second-order valence-corrected chi connectivity index (χ2v) is 8.02. The third-order valence-corrected chi connectivity index (χ3v) is 6.39. The summed E-state index contributed by atoms with van der Waals surface area (Å²) in [5.74, 6) is 0.570. The highest BCUT2D eigenvalue weighted by molar-refractivity contribution is 5.70. The van der Waals surface area contributed by atoms with Gasteiger partial charge < -0.3 is 19.9 Å². The molecule has 1 amide bonds. The molecule has 5 nitrogen and oxygen atoms in total. The second-order valence-electron chi connectivity index (χ2n) is 8.02. The van der Waals surface area contributed by atoms with Gasteiger partial charge in [0.15, 0.2) is 0 Å². The molecule has 0 radical (unpaired) electrons. The fourth-order valence-electron chi connectivity index (χ4n) is 4.90. The van der Waals surface area contributed by atoms with Crippen LogP contribution in [0.5, 0.6) is 0 Å². The minimum atomic E-state index is -0.189. The van der Waals surface area contributed by atoms with Crippen molar-refractivity contribution in [3.63, 3.8) is 0 Å². The lowest BCUT2D eigenvalue weighted by atomic mass is 9.95.